The summed E-state index contributed by atoms with van der Waals surface area (Å²) in [5.74, 6) is 2.50. The summed E-state index contributed by atoms with van der Waals surface area (Å²) in [5, 5.41) is 3.60. The van der Waals surface area contributed by atoms with Gasteiger partial charge in [-0.1, -0.05) is 6.92 Å². The lowest BCUT2D eigenvalue weighted by atomic mass is 10.1. The van der Waals surface area contributed by atoms with Gasteiger partial charge in [-0.3, -0.25) is 0 Å². The van der Waals surface area contributed by atoms with E-state index in [2.05, 4.69) is 24.4 Å². The van der Waals surface area contributed by atoms with Gasteiger partial charge >= 0.3 is 0 Å². The van der Waals surface area contributed by atoms with Crippen LogP contribution in [-0.4, -0.2) is 19.3 Å². The molecule has 106 valence electrons. The van der Waals surface area contributed by atoms with E-state index in [-0.39, 0.29) is 0 Å². The third kappa shape index (κ3) is 3.79. The summed E-state index contributed by atoms with van der Waals surface area (Å²) in [6, 6.07) is 6.73. The van der Waals surface area contributed by atoms with Gasteiger partial charge in [0.2, 0.25) is 0 Å². The van der Waals surface area contributed by atoms with Gasteiger partial charge < -0.3 is 14.8 Å². The molecule has 0 heterocycles. The van der Waals surface area contributed by atoms with E-state index in [1.165, 1.54) is 19.3 Å². The SMILES string of the molecule is CCOc1ccc(NC2CCC(C)C2)cc1OCC. The summed E-state index contributed by atoms with van der Waals surface area (Å²) in [7, 11) is 0. The Labute approximate surface area is 116 Å². The van der Waals surface area contributed by atoms with Crippen molar-refractivity contribution in [1.82, 2.24) is 0 Å². The second-order valence-corrected chi connectivity index (χ2v) is 5.29. The summed E-state index contributed by atoms with van der Waals surface area (Å²) in [5.41, 5.74) is 1.13. The Morgan fingerprint density at radius 3 is 2.47 bits per heavy atom. The predicted molar refractivity (Wildman–Crippen MR) is 79.2 cm³/mol. The molecule has 1 aliphatic rings. The van der Waals surface area contributed by atoms with Crippen molar-refractivity contribution in [2.24, 2.45) is 5.92 Å². The molecule has 1 aromatic rings. The molecule has 0 saturated heterocycles. The molecule has 1 aliphatic carbocycles. The van der Waals surface area contributed by atoms with Crippen LogP contribution in [0.25, 0.3) is 0 Å². The van der Waals surface area contributed by atoms with E-state index < -0.39 is 0 Å². The molecule has 1 N–H and O–H groups in total. The molecule has 0 aromatic heterocycles. The maximum atomic E-state index is 5.65. The second kappa shape index (κ2) is 6.69. The van der Waals surface area contributed by atoms with Gasteiger partial charge in [-0.05, 0) is 51.2 Å². The lowest BCUT2D eigenvalue weighted by Crippen LogP contribution is -2.15. The van der Waals surface area contributed by atoms with Crippen molar-refractivity contribution in [1.29, 1.82) is 0 Å². The van der Waals surface area contributed by atoms with Crippen molar-refractivity contribution < 1.29 is 9.47 Å². The van der Waals surface area contributed by atoms with Gasteiger partial charge in [-0.2, -0.15) is 0 Å². The average Bonchev–Trinajstić information content (AvgIpc) is 2.79. The highest BCUT2D eigenvalue weighted by Crippen LogP contribution is 2.33. The minimum Gasteiger partial charge on any atom is -0.490 e. The van der Waals surface area contributed by atoms with Gasteiger partial charge in [0.05, 0.1) is 13.2 Å². The first-order valence-electron chi connectivity index (χ1n) is 7.39. The molecule has 2 atom stereocenters. The molecule has 0 radical (unpaired) electrons. The summed E-state index contributed by atoms with van der Waals surface area (Å²) in [6.45, 7) is 7.62. The van der Waals surface area contributed by atoms with Crippen molar-refractivity contribution in [3.8, 4) is 11.5 Å². The van der Waals surface area contributed by atoms with Gasteiger partial charge in [-0.15, -0.1) is 0 Å². The van der Waals surface area contributed by atoms with E-state index in [1.807, 2.05) is 19.9 Å². The van der Waals surface area contributed by atoms with E-state index in [9.17, 15) is 0 Å². The molecular formula is C16H25NO2. The van der Waals surface area contributed by atoms with Crippen molar-refractivity contribution >= 4 is 5.69 Å². The van der Waals surface area contributed by atoms with Crippen LogP contribution in [0.1, 0.15) is 40.0 Å². The summed E-state index contributed by atoms with van der Waals surface area (Å²) >= 11 is 0. The number of ether oxygens (including phenoxy) is 2. The molecule has 3 heteroatoms. The van der Waals surface area contributed by atoms with Crippen LogP contribution >= 0.6 is 0 Å². The minimum absolute atomic E-state index is 0.599. The fourth-order valence-corrected chi connectivity index (χ4v) is 2.71. The molecule has 0 bridgehead atoms. The molecule has 1 saturated carbocycles. The maximum Gasteiger partial charge on any atom is 0.163 e. The highest BCUT2D eigenvalue weighted by molar-refractivity contribution is 5.55. The Hall–Kier alpha value is -1.38. The summed E-state index contributed by atoms with van der Waals surface area (Å²) < 4.78 is 11.2. The van der Waals surface area contributed by atoms with E-state index in [0.29, 0.717) is 19.3 Å². The fourth-order valence-electron chi connectivity index (χ4n) is 2.71. The van der Waals surface area contributed by atoms with Crippen LogP contribution in [0.15, 0.2) is 18.2 Å². The van der Waals surface area contributed by atoms with Crippen molar-refractivity contribution in [3.05, 3.63) is 18.2 Å². The molecule has 3 nitrogen and oxygen atoms in total. The summed E-state index contributed by atoms with van der Waals surface area (Å²) in [6.07, 6.45) is 3.85. The van der Waals surface area contributed by atoms with Crippen LogP contribution in [0.2, 0.25) is 0 Å². The first kappa shape index (κ1) is 14.0. The predicted octanol–water partition coefficient (Wildman–Crippen LogP) is 4.08. The Kier molecular flexibility index (Phi) is 4.94. The number of nitrogens with one attached hydrogen (secondary N) is 1. The highest BCUT2D eigenvalue weighted by Gasteiger charge is 2.21. The first-order valence-corrected chi connectivity index (χ1v) is 7.39. The standard InChI is InChI=1S/C16H25NO2/c1-4-18-15-9-8-14(11-16(15)19-5-2)17-13-7-6-12(3)10-13/h8-9,11-13,17H,4-7,10H2,1-3H3. The number of anilines is 1. The molecular weight excluding hydrogens is 238 g/mol. The molecule has 0 aliphatic heterocycles. The van der Waals surface area contributed by atoms with Crippen LogP contribution in [0.3, 0.4) is 0 Å². The van der Waals surface area contributed by atoms with Gasteiger partial charge in [0.15, 0.2) is 11.5 Å². The Balaban J connectivity index is 2.06. The van der Waals surface area contributed by atoms with Crippen LogP contribution in [-0.2, 0) is 0 Å². The minimum atomic E-state index is 0.599. The lowest BCUT2D eigenvalue weighted by Gasteiger charge is -2.17. The van der Waals surface area contributed by atoms with Crippen molar-refractivity contribution in [2.45, 2.75) is 46.1 Å². The third-order valence-electron chi connectivity index (χ3n) is 3.61. The van der Waals surface area contributed by atoms with Gasteiger partial charge in [0, 0.05) is 17.8 Å². The number of rotatable bonds is 6. The zero-order chi connectivity index (χ0) is 13.7. The van der Waals surface area contributed by atoms with Crippen LogP contribution in [0, 0.1) is 5.92 Å². The van der Waals surface area contributed by atoms with E-state index in [4.69, 9.17) is 9.47 Å². The van der Waals surface area contributed by atoms with Crippen LogP contribution in [0.4, 0.5) is 5.69 Å². The van der Waals surface area contributed by atoms with Gasteiger partial charge in [0.25, 0.3) is 0 Å². The monoisotopic (exact) mass is 263 g/mol. The molecule has 2 unspecified atom stereocenters. The van der Waals surface area contributed by atoms with Crippen LogP contribution < -0.4 is 14.8 Å². The largest absolute Gasteiger partial charge is 0.490 e. The number of benzene rings is 1. The molecule has 2 rings (SSSR count). The van der Waals surface area contributed by atoms with Crippen molar-refractivity contribution in [3.63, 3.8) is 0 Å². The molecule has 0 amide bonds. The number of hydrogen-bond acceptors (Lipinski definition) is 3. The topological polar surface area (TPSA) is 30.5 Å². The third-order valence-corrected chi connectivity index (χ3v) is 3.61. The molecule has 0 spiro atoms. The molecule has 19 heavy (non-hydrogen) atoms. The van der Waals surface area contributed by atoms with Gasteiger partial charge in [-0.25, -0.2) is 0 Å². The van der Waals surface area contributed by atoms with E-state index in [0.717, 1.165) is 23.1 Å². The Bertz CT molecular complexity index is 406. The normalized spacial score (nSPS) is 22.3. The van der Waals surface area contributed by atoms with E-state index >= 15 is 0 Å². The zero-order valence-corrected chi connectivity index (χ0v) is 12.2. The Morgan fingerprint density at radius 2 is 1.84 bits per heavy atom. The fraction of sp³-hybridized carbons (Fsp3) is 0.625. The molecule has 1 fully saturated rings. The lowest BCUT2D eigenvalue weighted by molar-refractivity contribution is 0.288. The first-order chi connectivity index (χ1) is 9.22. The zero-order valence-electron chi connectivity index (χ0n) is 12.2. The van der Waals surface area contributed by atoms with E-state index in [1.54, 1.807) is 0 Å². The van der Waals surface area contributed by atoms with Crippen LogP contribution in [0.5, 0.6) is 11.5 Å². The smallest absolute Gasteiger partial charge is 0.163 e. The quantitative estimate of drug-likeness (QED) is 0.838. The summed E-state index contributed by atoms with van der Waals surface area (Å²) in [4.78, 5) is 0. The number of hydrogen-bond donors (Lipinski definition) is 1. The van der Waals surface area contributed by atoms with Crippen molar-refractivity contribution in [2.75, 3.05) is 18.5 Å². The second-order valence-electron chi connectivity index (χ2n) is 5.29. The average molecular weight is 263 g/mol. The molecule has 1 aromatic carbocycles. The Morgan fingerprint density at radius 1 is 1.11 bits per heavy atom. The maximum absolute atomic E-state index is 5.65. The highest BCUT2D eigenvalue weighted by atomic mass is 16.5. The van der Waals surface area contributed by atoms with Gasteiger partial charge in [0.1, 0.15) is 0 Å².